The van der Waals surface area contributed by atoms with Gasteiger partial charge in [-0.1, -0.05) is 48.5 Å². The number of nitrogens with zero attached hydrogens (tertiary/aromatic N) is 2. The minimum Gasteiger partial charge on any atom is -0.497 e. The minimum absolute atomic E-state index is 0.285. The van der Waals surface area contributed by atoms with E-state index in [9.17, 15) is 4.79 Å². The van der Waals surface area contributed by atoms with Crippen LogP contribution < -0.4 is 15.4 Å². The molecule has 3 N–H and O–H groups in total. The smallest absolute Gasteiger partial charge is 0.263 e. The van der Waals surface area contributed by atoms with Gasteiger partial charge in [-0.25, -0.2) is 4.99 Å². The zero-order valence-corrected chi connectivity index (χ0v) is 16.9. The Hall–Kier alpha value is -4.39. The van der Waals surface area contributed by atoms with Crippen molar-refractivity contribution in [3.8, 4) is 5.75 Å². The fraction of sp³-hybridized carbons (Fsp3) is 0.0417. The van der Waals surface area contributed by atoms with Crippen molar-refractivity contribution in [2.45, 2.75) is 0 Å². The number of ether oxygens (including phenoxy) is 1. The molecule has 0 unspecified atom stereocenters. The number of carbonyl (C=O) groups excluding carboxylic acids is 1. The van der Waals surface area contributed by atoms with E-state index in [-0.39, 0.29) is 11.7 Å². The van der Waals surface area contributed by atoms with Crippen molar-refractivity contribution < 1.29 is 9.53 Å². The van der Waals surface area contributed by atoms with Crippen molar-refractivity contribution in [2.24, 2.45) is 4.99 Å². The number of aromatic amines is 1. The van der Waals surface area contributed by atoms with Crippen molar-refractivity contribution >= 4 is 35.1 Å². The molecule has 0 saturated heterocycles. The summed E-state index contributed by atoms with van der Waals surface area (Å²) in [6.07, 6.45) is 1.67. The first-order valence-corrected chi connectivity index (χ1v) is 9.68. The summed E-state index contributed by atoms with van der Waals surface area (Å²) in [6.45, 7) is 0. The molecule has 4 rings (SSSR count). The van der Waals surface area contributed by atoms with Gasteiger partial charge in [0.1, 0.15) is 17.1 Å². The highest BCUT2D eigenvalue weighted by atomic mass is 16.5. The largest absolute Gasteiger partial charge is 0.497 e. The van der Waals surface area contributed by atoms with Crippen LogP contribution in [0.4, 0.5) is 23.0 Å². The Morgan fingerprint density at radius 1 is 0.935 bits per heavy atom. The Morgan fingerprint density at radius 2 is 1.61 bits per heavy atom. The number of hydrogen-bond donors (Lipinski definition) is 3. The fourth-order valence-electron chi connectivity index (χ4n) is 2.94. The van der Waals surface area contributed by atoms with Gasteiger partial charge < -0.3 is 15.4 Å². The van der Waals surface area contributed by atoms with Crippen molar-refractivity contribution in [3.63, 3.8) is 0 Å². The van der Waals surface area contributed by atoms with Gasteiger partial charge in [-0.05, 0) is 42.0 Å². The zero-order chi connectivity index (χ0) is 21.5. The van der Waals surface area contributed by atoms with Crippen LogP contribution in [-0.4, -0.2) is 29.4 Å². The molecule has 3 aromatic carbocycles. The molecule has 0 bridgehead atoms. The summed E-state index contributed by atoms with van der Waals surface area (Å²) < 4.78 is 5.17. The molecule has 31 heavy (non-hydrogen) atoms. The monoisotopic (exact) mass is 411 g/mol. The summed E-state index contributed by atoms with van der Waals surface area (Å²) in [4.78, 5) is 17.6. The first kappa shape index (κ1) is 19.9. The number of carbonyl (C=O) groups is 1. The zero-order valence-electron chi connectivity index (χ0n) is 16.9. The maximum Gasteiger partial charge on any atom is 0.263 e. The summed E-state index contributed by atoms with van der Waals surface area (Å²) in [5.41, 5.74) is 2.68. The number of para-hydroxylation sites is 1. The van der Waals surface area contributed by atoms with E-state index >= 15 is 0 Å². The number of amides is 1. The molecule has 0 aliphatic heterocycles. The highest BCUT2D eigenvalue weighted by molar-refractivity contribution is 6.11. The minimum atomic E-state index is -0.336. The molecule has 1 amide bonds. The summed E-state index contributed by atoms with van der Waals surface area (Å²) in [5.74, 6) is 1.11. The molecule has 0 saturated carbocycles. The summed E-state index contributed by atoms with van der Waals surface area (Å²) in [5, 5.41) is 13.2. The molecular formula is C24H21N5O2. The van der Waals surface area contributed by atoms with Crippen LogP contribution in [-0.2, 0) is 0 Å². The summed E-state index contributed by atoms with van der Waals surface area (Å²) >= 11 is 0. The molecule has 0 radical (unpaired) electrons. The third kappa shape index (κ3) is 4.97. The van der Waals surface area contributed by atoms with E-state index in [0.717, 1.165) is 11.3 Å². The number of methoxy groups -OCH3 is 1. The van der Waals surface area contributed by atoms with Gasteiger partial charge in [0, 0.05) is 17.6 Å². The Kier molecular flexibility index (Phi) is 6.04. The van der Waals surface area contributed by atoms with Gasteiger partial charge in [0.25, 0.3) is 5.91 Å². The second kappa shape index (κ2) is 9.41. The van der Waals surface area contributed by atoms with Crippen LogP contribution in [0.25, 0.3) is 0 Å². The molecule has 7 nitrogen and oxygen atoms in total. The predicted octanol–water partition coefficient (Wildman–Crippen LogP) is 5.16. The molecule has 0 atom stereocenters. The van der Waals surface area contributed by atoms with E-state index in [1.807, 2.05) is 60.7 Å². The lowest BCUT2D eigenvalue weighted by Crippen LogP contribution is -2.13. The van der Waals surface area contributed by atoms with Crippen LogP contribution in [0.3, 0.4) is 0 Å². The molecule has 4 aromatic rings. The Morgan fingerprint density at radius 3 is 2.29 bits per heavy atom. The third-order valence-corrected chi connectivity index (χ3v) is 4.50. The quantitative estimate of drug-likeness (QED) is 0.366. The maximum absolute atomic E-state index is 13.2. The molecular weight excluding hydrogens is 390 g/mol. The van der Waals surface area contributed by atoms with Crippen molar-refractivity contribution in [1.29, 1.82) is 0 Å². The number of aromatic nitrogens is 2. The topological polar surface area (TPSA) is 91.4 Å². The first-order chi connectivity index (χ1) is 15.2. The van der Waals surface area contributed by atoms with Gasteiger partial charge in [0.2, 0.25) is 0 Å². The van der Waals surface area contributed by atoms with Gasteiger partial charge in [0.05, 0.1) is 7.11 Å². The number of H-pyrrole nitrogens is 1. The molecule has 1 aromatic heterocycles. The number of aliphatic imine (C=N–C) groups is 1. The number of hydrogen-bond acceptors (Lipinski definition) is 5. The lowest BCUT2D eigenvalue weighted by atomic mass is 10.2. The number of nitrogens with one attached hydrogen (secondary N) is 3. The molecule has 1 heterocycles. The average molecular weight is 411 g/mol. The normalized spacial score (nSPS) is 10.7. The van der Waals surface area contributed by atoms with E-state index in [1.54, 1.807) is 37.6 Å². The van der Waals surface area contributed by atoms with Crippen molar-refractivity contribution in [2.75, 3.05) is 17.7 Å². The van der Waals surface area contributed by atoms with Crippen molar-refractivity contribution in [3.05, 3.63) is 96.1 Å². The van der Waals surface area contributed by atoms with E-state index in [0.29, 0.717) is 22.8 Å². The fourth-order valence-corrected chi connectivity index (χ4v) is 2.94. The lowest BCUT2D eigenvalue weighted by Gasteiger charge is -2.09. The van der Waals surface area contributed by atoms with Crippen LogP contribution in [0, 0.1) is 0 Å². The second-order valence-electron chi connectivity index (χ2n) is 6.64. The molecule has 0 fully saturated rings. The van der Waals surface area contributed by atoms with Gasteiger partial charge >= 0.3 is 0 Å². The van der Waals surface area contributed by atoms with E-state index in [4.69, 9.17) is 4.74 Å². The SMILES string of the molecule is COc1ccc(NC(=O)c2c(N=Cc3ccccc3)n[nH]c2Nc2ccccc2)cc1. The Bertz CT molecular complexity index is 1170. The number of anilines is 3. The lowest BCUT2D eigenvalue weighted by molar-refractivity contribution is 0.102. The Balaban J connectivity index is 1.64. The first-order valence-electron chi connectivity index (χ1n) is 9.68. The van der Waals surface area contributed by atoms with Crippen LogP contribution in [0.1, 0.15) is 15.9 Å². The van der Waals surface area contributed by atoms with Crippen LogP contribution in [0.15, 0.2) is 89.9 Å². The highest BCUT2D eigenvalue weighted by Crippen LogP contribution is 2.28. The second-order valence-corrected chi connectivity index (χ2v) is 6.64. The number of rotatable bonds is 7. The van der Waals surface area contributed by atoms with Crippen molar-refractivity contribution in [1.82, 2.24) is 10.2 Å². The molecule has 0 spiro atoms. The highest BCUT2D eigenvalue weighted by Gasteiger charge is 2.21. The third-order valence-electron chi connectivity index (χ3n) is 4.50. The van der Waals surface area contributed by atoms with Crippen LogP contribution in [0.5, 0.6) is 5.75 Å². The molecule has 0 aliphatic carbocycles. The standard InChI is InChI=1S/C24H21N5O2/c1-31-20-14-12-19(13-15-20)27-24(30)21-22(25-16-17-8-4-2-5-9-17)28-29-23(21)26-18-10-6-3-7-11-18/h2-16H,1H3,(H,27,30)(H2,26,28,29). The molecule has 154 valence electrons. The Labute approximate surface area is 179 Å². The molecule has 0 aliphatic rings. The predicted molar refractivity (Wildman–Crippen MR) is 123 cm³/mol. The summed E-state index contributed by atoms with van der Waals surface area (Å²) in [7, 11) is 1.59. The number of benzene rings is 3. The maximum atomic E-state index is 13.2. The van der Waals surface area contributed by atoms with Crippen LogP contribution >= 0.6 is 0 Å². The summed E-state index contributed by atoms with van der Waals surface area (Å²) in [6, 6.07) is 26.3. The van der Waals surface area contributed by atoms with Gasteiger partial charge in [0.15, 0.2) is 5.82 Å². The van der Waals surface area contributed by atoms with E-state index < -0.39 is 0 Å². The van der Waals surface area contributed by atoms with E-state index in [2.05, 4.69) is 25.8 Å². The average Bonchev–Trinajstić information content (AvgIpc) is 3.22. The van der Waals surface area contributed by atoms with Crippen LogP contribution in [0.2, 0.25) is 0 Å². The van der Waals surface area contributed by atoms with Gasteiger partial charge in [-0.3, -0.25) is 9.89 Å². The van der Waals surface area contributed by atoms with Gasteiger partial charge in [-0.15, -0.1) is 0 Å². The van der Waals surface area contributed by atoms with E-state index in [1.165, 1.54) is 0 Å². The molecule has 7 heteroatoms. The van der Waals surface area contributed by atoms with Gasteiger partial charge in [-0.2, -0.15) is 5.10 Å².